The van der Waals surface area contributed by atoms with Gasteiger partial charge in [-0.3, -0.25) is 4.79 Å². The lowest BCUT2D eigenvalue weighted by molar-refractivity contribution is -0.0373. The van der Waals surface area contributed by atoms with Crippen molar-refractivity contribution in [3.8, 4) is 0 Å². The number of rotatable bonds is 5. The number of hydrogen-bond donors (Lipinski definition) is 2. The Balaban J connectivity index is 2.79. The van der Waals surface area contributed by atoms with Crippen LogP contribution in [0, 0.1) is 0 Å². The lowest BCUT2D eigenvalue weighted by Crippen LogP contribution is -2.34. The van der Waals surface area contributed by atoms with Gasteiger partial charge in [0.05, 0.1) is 6.54 Å². The third kappa shape index (κ3) is 2.99. The van der Waals surface area contributed by atoms with Crippen molar-refractivity contribution in [2.24, 2.45) is 0 Å². The van der Waals surface area contributed by atoms with E-state index in [1.807, 2.05) is 0 Å². The molecule has 1 rings (SSSR count). The molecule has 0 unspecified atom stereocenters. The summed E-state index contributed by atoms with van der Waals surface area (Å²) in [6.45, 7) is 0.105. The largest absolute Gasteiger partial charge is 0.390 e. The molecule has 0 aromatic carbocycles. The average molecular weight is 233 g/mol. The molecule has 0 saturated heterocycles. The fourth-order valence-electron chi connectivity index (χ4n) is 1.09. The van der Waals surface area contributed by atoms with Crippen LogP contribution in [-0.4, -0.2) is 33.7 Å². The summed E-state index contributed by atoms with van der Waals surface area (Å²) in [6.07, 6.45) is 2.82. The molecule has 0 bridgehead atoms. The molecule has 0 aliphatic rings. The molecule has 0 fully saturated rings. The standard InChI is InChI=1S/C9H13F2N3O2/c1-2-14-4-3-12-7(8(14)16)13-5-9(10,11)6-15/h3-4,15H,2,5-6H2,1H3,(H,12,13). The number of aryl methyl sites for hydroxylation is 1. The van der Waals surface area contributed by atoms with E-state index in [2.05, 4.69) is 10.3 Å². The van der Waals surface area contributed by atoms with E-state index >= 15 is 0 Å². The summed E-state index contributed by atoms with van der Waals surface area (Å²) in [5, 5.41) is 10.6. The maximum Gasteiger partial charge on any atom is 0.293 e. The Hall–Kier alpha value is -1.50. The Bertz CT molecular complexity index is 406. The minimum absolute atomic E-state index is 0.141. The lowest BCUT2D eigenvalue weighted by atomic mass is 10.3. The van der Waals surface area contributed by atoms with E-state index in [0.29, 0.717) is 6.54 Å². The normalized spacial score (nSPS) is 11.5. The average Bonchev–Trinajstić information content (AvgIpc) is 2.28. The molecule has 16 heavy (non-hydrogen) atoms. The fraction of sp³-hybridized carbons (Fsp3) is 0.556. The summed E-state index contributed by atoms with van der Waals surface area (Å²) in [5.74, 6) is -3.40. The van der Waals surface area contributed by atoms with E-state index in [1.54, 1.807) is 6.92 Å². The van der Waals surface area contributed by atoms with Crippen molar-refractivity contribution in [2.45, 2.75) is 19.4 Å². The first-order valence-corrected chi connectivity index (χ1v) is 4.78. The van der Waals surface area contributed by atoms with Crippen LogP contribution >= 0.6 is 0 Å². The van der Waals surface area contributed by atoms with Gasteiger partial charge in [-0.15, -0.1) is 0 Å². The summed E-state index contributed by atoms with van der Waals surface area (Å²) in [5.41, 5.74) is -0.460. The van der Waals surface area contributed by atoms with Crippen LogP contribution in [0.3, 0.4) is 0 Å². The first-order chi connectivity index (χ1) is 7.50. The monoisotopic (exact) mass is 233 g/mol. The van der Waals surface area contributed by atoms with Gasteiger partial charge in [-0.05, 0) is 6.92 Å². The van der Waals surface area contributed by atoms with Gasteiger partial charge in [0.1, 0.15) is 6.61 Å². The Labute approximate surface area is 90.7 Å². The van der Waals surface area contributed by atoms with Crippen LogP contribution in [0.4, 0.5) is 14.6 Å². The maximum atomic E-state index is 12.7. The van der Waals surface area contributed by atoms with Gasteiger partial charge in [0.15, 0.2) is 5.82 Å². The van der Waals surface area contributed by atoms with Crippen LogP contribution < -0.4 is 10.9 Å². The minimum Gasteiger partial charge on any atom is -0.390 e. The molecule has 1 aromatic heterocycles. The van der Waals surface area contributed by atoms with Crippen LogP contribution in [0.2, 0.25) is 0 Å². The summed E-state index contributed by atoms with van der Waals surface area (Å²) >= 11 is 0. The number of hydrogen-bond acceptors (Lipinski definition) is 4. The number of aliphatic hydroxyl groups is 1. The minimum atomic E-state index is -3.26. The van der Waals surface area contributed by atoms with Crippen molar-refractivity contribution in [1.29, 1.82) is 0 Å². The summed E-state index contributed by atoms with van der Waals surface area (Å²) in [7, 11) is 0. The van der Waals surface area contributed by atoms with E-state index in [9.17, 15) is 13.6 Å². The molecule has 7 heteroatoms. The van der Waals surface area contributed by atoms with Crippen LogP contribution in [0.25, 0.3) is 0 Å². The van der Waals surface area contributed by atoms with Crippen LogP contribution in [0.5, 0.6) is 0 Å². The number of halogens is 2. The van der Waals surface area contributed by atoms with Crippen molar-refractivity contribution in [1.82, 2.24) is 9.55 Å². The second-order valence-electron chi connectivity index (χ2n) is 3.23. The number of nitrogens with one attached hydrogen (secondary N) is 1. The van der Waals surface area contributed by atoms with Gasteiger partial charge in [0, 0.05) is 18.9 Å². The molecule has 0 aliphatic carbocycles. The summed E-state index contributed by atoms with van der Waals surface area (Å²) in [6, 6.07) is 0. The van der Waals surface area contributed by atoms with Gasteiger partial charge in [-0.1, -0.05) is 0 Å². The zero-order valence-corrected chi connectivity index (χ0v) is 8.78. The quantitative estimate of drug-likeness (QED) is 0.767. The third-order valence-electron chi connectivity index (χ3n) is 2.00. The van der Waals surface area contributed by atoms with Crippen molar-refractivity contribution >= 4 is 5.82 Å². The first kappa shape index (κ1) is 12.6. The highest BCUT2D eigenvalue weighted by Crippen LogP contribution is 2.11. The number of nitrogens with zero attached hydrogens (tertiary/aromatic N) is 2. The van der Waals surface area contributed by atoms with Crippen LogP contribution in [0.15, 0.2) is 17.2 Å². The third-order valence-corrected chi connectivity index (χ3v) is 2.00. The molecule has 90 valence electrons. The molecule has 1 heterocycles. The maximum absolute atomic E-state index is 12.7. The predicted molar refractivity (Wildman–Crippen MR) is 54.7 cm³/mol. The van der Waals surface area contributed by atoms with Crippen LogP contribution in [-0.2, 0) is 6.54 Å². The van der Waals surface area contributed by atoms with Crippen molar-refractivity contribution < 1.29 is 13.9 Å². The second-order valence-corrected chi connectivity index (χ2v) is 3.23. The zero-order chi connectivity index (χ0) is 12.2. The fourth-order valence-corrected chi connectivity index (χ4v) is 1.09. The van der Waals surface area contributed by atoms with E-state index in [4.69, 9.17) is 5.11 Å². The smallest absolute Gasteiger partial charge is 0.293 e. The number of alkyl halides is 2. The van der Waals surface area contributed by atoms with Crippen LogP contribution in [0.1, 0.15) is 6.92 Å². The highest BCUT2D eigenvalue weighted by Gasteiger charge is 2.27. The topological polar surface area (TPSA) is 67.2 Å². The molecular weight excluding hydrogens is 220 g/mol. The number of aromatic nitrogens is 2. The van der Waals surface area contributed by atoms with E-state index < -0.39 is 24.6 Å². The highest BCUT2D eigenvalue weighted by molar-refractivity contribution is 5.31. The molecule has 2 N–H and O–H groups in total. The molecule has 0 amide bonds. The van der Waals surface area contributed by atoms with Gasteiger partial charge in [-0.2, -0.15) is 0 Å². The van der Waals surface area contributed by atoms with Gasteiger partial charge < -0.3 is 15.0 Å². The molecule has 5 nitrogen and oxygen atoms in total. The molecule has 0 saturated carbocycles. The lowest BCUT2D eigenvalue weighted by Gasteiger charge is -2.14. The first-order valence-electron chi connectivity index (χ1n) is 4.78. The molecule has 0 atom stereocenters. The number of anilines is 1. The van der Waals surface area contributed by atoms with Gasteiger partial charge in [0.2, 0.25) is 0 Å². The van der Waals surface area contributed by atoms with Crippen molar-refractivity contribution in [3.05, 3.63) is 22.7 Å². The number of aliphatic hydroxyl groups excluding tert-OH is 1. The predicted octanol–water partition coefficient (Wildman–Crippen LogP) is 0.303. The Kier molecular flexibility index (Phi) is 3.94. The van der Waals surface area contributed by atoms with Gasteiger partial charge in [-0.25, -0.2) is 13.8 Å². The molecule has 0 radical (unpaired) electrons. The Morgan fingerprint density at radius 2 is 2.31 bits per heavy atom. The van der Waals surface area contributed by atoms with Crippen molar-refractivity contribution in [3.63, 3.8) is 0 Å². The Morgan fingerprint density at radius 1 is 1.62 bits per heavy atom. The highest BCUT2D eigenvalue weighted by atomic mass is 19.3. The van der Waals surface area contributed by atoms with Gasteiger partial charge in [0.25, 0.3) is 11.5 Å². The Morgan fingerprint density at radius 3 is 2.88 bits per heavy atom. The summed E-state index contributed by atoms with van der Waals surface area (Å²) in [4.78, 5) is 15.2. The van der Waals surface area contributed by atoms with E-state index in [0.717, 1.165) is 0 Å². The SMILES string of the molecule is CCn1ccnc(NCC(F)(F)CO)c1=O. The zero-order valence-electron chi connectivity index (χ0n) is 8.78. The van der Waals surface area contributed by atoms with Gasteiger partial charge >= 0.3 is 0 Å². The molecule has 0 aliphatic heterocycles. The van der Waals surface area contributed by atoms with E-state index in [-0.39, 0.29) is 5.82 Å². The molecular formula is C9H13F2N3O2. The second kappa shape index (κ2) is 5.02. The van der Waals surface area contributed by atoms with E-state index in [1.165, 1.54) is 17.0 Å². The summed E-state index contributed by atoms with van der Waals surface area (Å²) < 4.78 is 26.7. The molecule has 0 spiro atoms. The molecule has 1 aromatic rings. The van der Waals surface area contributed by atoms with Crippen molar-refractivity contribution in [2.75, 3.05) is 18.5 Å².